The molecule has 0 spiro atoms. The largest absolute Gasteiger partial charge is 0.366 e. The average molecular weight is 392 g/mol. The molecule has 1 fully saturated rings. The zero-order chi connectivity index (χ0) is 15.4. The number of anilines is 1. The third kappa shape index (κ3) is 5.45. The SMILES string of the molecule is CC(CNC(=O)CC1CSCCN1)N1CCc2ccccc21.Cl.Cl. The van der Waals surface area contributed by atoms with E-state index in [1.54, 1.807) is 0 Å². The monoisotopic (exact) mass is 391 g/mol. The van der Waals surface area contributed by atoms with Crippen molar-refractivity contribution in [3.8, 4) is 0 Å². The van der Waals surface area contributed by atoms with Crippen LogP contribution in [0.25, 0.3) is 0 Å². The zero-order valence-electron chi connectivity index (χ0n) is 14.0. The molecule has 136 valence electrons. The lowest BCUT2D eigenvalue weighted by atomic mass is 10.1. The van der Waals surface area contributed by atoms with E-state index in [0.717, 1.165) is 31.0 Å². The quantitative estimate of drug-likeness (QED) is 0.808. The molecule has 0 bridgehead atoms. The molecule has 0 aliphatic carbocycles. The first-order chi connectivity index (χ1) is 10.7. The molecule has 3 rings (SSSR count). The lowest BCUT2D eigenvalue weighted by molar-refractivity contribution is -0.121. The molecule has 1 aromatic rings. The van der Waals surface area contributed by atoms with Gasteiger partial charge in [0.25, 0.3) is 0 Å². The van der Waals surface area contributed by atoms with E-state index in [-0.39, 0.29) is 30.7 Å². The van der Waals surface area contributed by atoms with Crippen LogP contribution in [0.5, 0.6) is 0 Å². The number of hydrogen-bond donors (Lipinski definition) is 2. The number of para-hydroxylation sites is 1. The minimum atomic E-state index is 0. The van der Waals surface area contributed by atoms with Crippen LogP contribution < -0.4 is 15.5 Å². The highest BCUT2D eigenvalue weighted by atomic mass is 35.5. The molecule has 24 heavy (non-hydrogen) atoms. The summed E-state index contributed by atoms with van der Waals surface area (Å²) in [5.41, 5.74) is 2.75. The number of thioether (sulfide) groups is 1. The van der Waals surface area contributed by atoms with Crippen LogP contribution in [0, 0.1) is 0 Å². The van der Waals surface area contributed by atoms with Gasteiger partial charge in [0.1, 0.15) is 0 Å². The van der Waals surface area contributed by atoms with Crippen molar-refractivity contribution in [2.24, 2.45) is 0 Å². The van der Waals surface area contributed by atoms with E-state index in [1.165, 1.54) is 11.3 Å². The van der Waals surface area contributed by atoms with Crippen molar-refractivity contribution in [2.75, 3.05) is 36.0 Å². The topological polar surface area (TPSA) is 44.4 Å². The summed E-state index contributed by atoms with van der Waals surface area (Å²) in [5, 5.41) is 6.52. The Balaban J connectivity index is 0.00000144. The summed E-state index contributed by atoms with van der Waals surface area (Å²) >= 11 is 1.93. The second-order valence-electron chi connectivity index (χ2n) is 6.16. The number of fused-ring (bicyclic) bond motifs is 1. The molecule has 0 radical (unpaired) electrons. The molecular weight excluding hydrogens is 365 g/mol. The van der Waals surface area contributed by atoms with Gasteiger partial charge in [-0.25, -0.2) is 0 Å². The first kappa shape index (κ1) is 21.4. The fourth-order valence-corrected chi connectivity index (χ4v) is 4.19. The van der Waals surface area contributed by atoms with Gasteiger partial charge in [-0.15, -0.1) is 24.8 Å². The molecular formula is C17H27Cl2N3OS. The fourth-order valence-electron chi connectivity index (χ4n) is 3.24. The summed E-state index contributed by atoms with van der Waals surface area (Å²) in [6.45, 7) is 4.98. The Morgan fingerprint density at radius 2 is 2.21 bits per heavy atom. The Morgan fingerprint density at radius 1 is 1.42 bits per heavy atom. The van der Waals surface area contributed by atoms with Crippen LogP contribution in [-0.4, -0.2) is 49.1 Å². The van der Waals surface area contributed by atoms with Crippen molar-refractivity contribution in [1.29, 1.82) is 0 Å². The number of benzene rings is 1. The van der Waals surface area contributed by atoms with Crippen molar-refractivity contribution in [3.63, 3.8) is 0 Å². The maximum absolute atomic E-state index is 12.1. The molecule has 2 heterocycles. The maximum Gasteiger partial charge on any atom is 0.221 e. The standard InChI is InChI=1S/C17H25N3OS.2ClH/c1-13(20-8-6-14-4-2-3-5-16(14)20)11-19-17(21)10-15-12-22-9-7-18-15;;/h2-5,13,15,18H,6-12H2,1H3,(H,19,21);2*1H. The van der Waals surface area contributed by atoms with Gasteiger partial charge in [-0.1, -0.05) is 18.2 Å². The number of carbonyl (C=O) groups excluding carboxylic acids is 1. The number of halogens is 2. The molecule has 0 aromatic heterocycles. The van der Waals surface area contributed by atoms with E-state index >= 15 is 0 Å². The molecule has 1 aromatic carbocycles. The molecule has 1 saturated heterocycles. The molecule has 2 aliphatic heterocycles. The molecule has 2 atom stereocenters. The van der Waals surface area contributed by atoms with Gasteiger partial charge < -0.3 is 15.5 Å². The molecule has 2 N–H and O–H groups in total. The van der Waals surface area contributed by atoms with Crippen LogP contribution in [0.15, 0.2) is 24.3 Å². The number of nitrogens with zero attached hydrogens (tertiary/aromatic N) is 1. The summed E-state index contributed by atoms with van der Waals surface area (Å²) in [5.74, 6) is 2.37. The van der Waals surface area contributed by atoms with Gasteiger partial charge in [0, 0.05) is 55.3 Å². The van der Waals surface area contributed by atoms with Crippen LogP contribution in [0.2, 0.25) is 0 Å². The highest BCUT2D eigenvalue weighted by molar-refractivity contribution is 7.99. The van der Waals surface area contributed by atoms with E-state index in [0.29, 0.717) is 25.0 Å². The van der Waals surface area contributed by atoms with Gasteiger partial charge >= 0.3 is 0 Å². The van der Waals surface area contributed by atoms with Crippen LogP contribution in [0.4, 0.5) is 5.69 Å². The summed E-state index contributed by atoms with van der Waals surface area (Å²) < 4.78 is 0. The minimum Gasteiger partial charge on any atom is -0.366 e. The highest BCUT2D eigenvalue weighted by Crippen LogP contribution is 2.28. The lowest BCUT2D eigenvalue weighted by Gasteiger charge is -2.28. The Hall–Kier alpha value is -0.620. The van der Waals surface area contributed by atoms with Gasteiger partial charge in [-0.2, -0.15) is 11.8 Å². The number of carbonyl (C=O) groups is 1. The molecule has 7 heteroatoms. The molecule has 4 nitrogen and oxygen atoms in total. The van der Waals surface area contributed by atoms with Crippen molar-refractivity contribution >= 4 is 48.2 Å². The van der Waals surface area contributed by atoms with Gasteiger partial charge in [-0.3, -0.25) is 4.79 Å². The summed E-state index contributed by atoms with van der Waals surface area (Å²) in [4.78, 5) is 14.5. The predicted molar refractivity (Wildman–Crippen MR) is 108 cm³/mol. The highest BCUT2D eigenvalue weighted by Gasteiger charge is 2.23. The zero-order valence-corrected chi connectivity index (χ0v) is 16.4. The van der Waals surface area contributed by atoms with E-state index < -0.39 is 0 Å². The van der Waals surface area contributed by atoms with E-state index in [2.05, 4.69) is 46.7 Å². The number of rotatable bonds is 5. The normalized spacial score (nSPS) is 20.4. The van der Waals surface area contributed by atoms with Gasteiger partial charge in [0.05, 0.1) is 0 Å². The van der Waals surface area contributed by atoms with E-state index in [9.17, 15) is 4.79 Å². The van der Waals surface area contributed by atoms with Crippen molar-refractivity contribution in [3.05, 3.63) is 29.8 Å². The number of hydrogen-bond acceptors (Lipinski definition) is 4. The van der Waals surface area contributed by atoms with Crippen molar-refractivity contribution in [2.45, 2.75) is 31.8 Å². The third-order valence-corrected chi connectivity index (χ3v) is 5.61. The summed E-state index contributed by atoms with van der Waals surface area (Å²) in [6.07, 6.45) is 1.70. The molecule has 2 aliphatic rings. The van der Waals surface area contributed by atoms with Crippen LogP contribution in [0.3, 0.4) is 0 Å². The smallest absolute Gasteiger partial charge is 0.221 e. The number of nitrogens with one attached hydrogen (secondary N) is 2. The van der Waals surface area contributed by atoms with Gasteiger partial charge in [0.2, 0.25) is 5.91 Å². The summed E-state index contributed by atoms with van der Waals surface area (Å²) in [6, 6.07) is 9.25. The average Bonchev–Trinajstić information content (AvgIpc) is 2.98. The van der Waals surface area contributed by atoms with Crippen molar-refractivity contribution < 1.29 is 4.79 Å². The second kappa shape index (κ2) is 10.4. The number of amides is 1. The van der Waals surface area contributed by atoms with Gasteiger partial charge in [-0.05, 0) is 25.0 Å². The van der Waals surface area contributed by atoms with Gasteiger partial charge in [0.15, 0.2) is 0 Å². The first-order valence-electron chi connectivity index (χ1n) is 8.16. The molecule has 2 unspecified atom stereocenters. The Bertz CT molecular complexity index is 526. The Kier molecular flexibility index (Phi) is 9.27. The molecule has 1 amide bonds. The Labute approximate surface area is 161 Å². The van der Waals surface area contributed by atoms with Crippen LogP contribution >= 0.6 is 36.6 Å². The predicted octanol–water partition coefficient (Wildman–Crippen LogP) is 2.49. The minimum absolute atomic E-state index is 0. The fraction of sp³-hybridized carbons (Fsp3) is 0.588. The summed E-state index contributed by atoms with van der Waals surface area (Å²) in [7, 11) is 0. The van der Waals surface area contributed by atoms with E-state index in [1.807, 2.05) is 11.8 Å². The van der Waals surface area contributed by atoms with Crippen LogP contribution in [0.1, 0.15) is 18.9 Å². The Morgan fingerprint density at radius 3 is 2.96 bits per heavy atom. The molecule has 0 saturated carbocycles. The van der Waals surface area contributed by atoms with Crippen LogP contribution in [-0.2, 0) is 11.2 Å². The second-order valence-corrected chi connectivity index (χ2v) is 7.31. The van der Waals surface area contributed by atoms with Crippen molar-refractivity contribution in [1.82, 2.24) is 10.6 Å². The first-order valence-corrected chi connectivity index (χ1v) is 9.32. The lowest BCUT2D eigenvalue weighted by Crippen LogP contribution is -2.45. The maximum atomic E-state index is 12.1. The third-order valence-electron chi connectivity index (χ3n) is 4.48. The van der Waals surface area contributed by atoms with E-state index in [4.69, 9.17) is 0 Å².